The number of halogens is 1. The Hall–Kier alpha value is -2.90. The molecule has 6 nitrogen and oxygen atoms in total. The number of aryl methyl sites for hydroxylation is 1. The van der Waals surface area contributed by atoms with E-state index in [1.165, 1.54) is 0 Å². The summed E-state index contributed by atoms with van der Waals surface area (Å²) < 4.78 is 6.36. The molecular formula is C22H20ClN3O3S. The van der Waals surface area contributed by atoms with Gasteiger partial charge in [0, 0.05) is 30.1 Å². The number of fused-ring (bicyclic) bond motifs is 3. The zero-order valence-electron chi connectivity index (χ0n) is 16.6. The highest BCUT2D eigenvalue weighted by molar-refractivity contribution is 7.25. The number of rotatable bonds is 7. The van der Waals surface area contributed by atoms with Crippen molar-refractivity contribution in [2.24, 2.45) is 0 Å². The number of anilines is 1. The molecule has 0 radical (unpaired) electrons. The molecule has 4 rings (SSSR count). The molecule has 0 fully saturated rings. The van der Waals surface area contributed by atoms with E-state index in [0.29, 0.717) is 23.1 Å². The second kappa shape index (κ2) is 8.45. The fourth-order valence-electron chi connectivity index (χ4n) is 3.41. The summed E-state index contributed by atoms with van der Waals surface area (Å²) in [6.45, 7) is 0.582. The van der Waals surface area contributed by atoms with Gasteiger partial charge in [-0.25, -0.2) is 9.97 Å². The number of nitrogens with zero attached hydrogens (tertiary/aromatic N) is 3. The molecule has 0 amide bonds. The van der Waals surface area contributed by atoms with E-state index < -0.39 is 5.97 Å². The second-order valence-electron chi connectivity index (χ2n) is 6.96. The first kappa shape index (κ1) is 20.4. The molecule has 0 bridgehead atoms. The molecule has 2 aromatic heterocycles. The Morgan fingerprint density at radius 2 is 2.03 bits per heavy atom. The van der Waals surface area contributed by atoms with Crippen LogP contribution >= 0.6 is 22.9 Å². The SMILES string of the molecule is COc1ccc(CN(C)c2nc(CCC(=O)O)nc3sc4ccccc4c23)cc1Cl. The van der Waals surface area contributed by atoms with Crippen LogP contribution in [0.1, 0.15) is 17.8 Å². The lowest BCUT2D eigenvalue weighted by Crippen LogP contribution is -2.19. The Labute approximate surface area is 182 Å². The van der Waals surface area contributed by atoms with Gasteiger partial charge in [0.25, 0.3) is 0 Å². The van der Waals surface area contributed by atoms with Gasteiger partial charge in [-0.3, -0.25) is 4.79 Å². The van der Waals surface area contributed by atoms with E-state index in [1.54, 1.807) is 18.4 Å². The average Bonchev–Trinajstić information content (AvgIpc) is 3.10. The maximum Gasteiger partial charge on any atom is 0.303 e. The van der Waals surface area contributed by atoms with Crippen LogP contribution in [-0.2, 0) is 17.8 Å². The van der Waals surface area contributed by atoms with E-state index in [1.807, 2.05) is 42.3 Å². The van der Waals surface area contributed by atoms with Crippen LogP contribution in [-0.4, -0.2) is 35.2 Å². The third-order valence-corrected chi connectivity index (χ3v) is 6.19. The molecule has 0 spiro atoms. The lowest BCUT2D eigenvalue weighted by Gasteiger charge is -2.20. The highest BCUT2D eigenvalue weighted by Gasteiger charge is 2.18. The number of methoxy groups -OCH3 is 1. The Bertz CT molecular complexity index is 1240. The normalized spacial score (nSPS) is 11.2. The van der Waals surface area contributed by atoms with E-state index in [-0.39, 0.29) is 12.8 Å². The van der Waals surface area contributed by atoms with E-state index in [0.717, 1.165) is 31.7 Å². The number of aliphatic carboxylic acids is 1. The number of ether oxygens (including phenoxy) is 1. The van der Waals surface area contributed by atoms with Crippen molar-refractivity contribution in [1.82, 2.24) is 9.97 Å². The van der Waals surface area contributed by atoms with Crippen LogP contribution in [0.5, 0.6) is 5.75 Å². The van der Waals surface area contributed by atoms with E-state index in [9.17, 15) is 4.79 Å². The van der Waals surface area contributed by atoms with Gasteiger partial charge >= 0.3 is 5.97 Å². The minimum atomic E-state index is -0.863. The van der Waals surface area contributed by atoms with Crippen LogP contribution in [0.3, 0.4) is 0 Å². The summed E-state index contributed by atoms with van der Waals surface area (Å²) in [5.74, 6) is 1.08. The van der Waals surface area contributed by atoms with Crippen LogP contribution in [0.25, 0.3) is 20.3 Å². The van der Waals surface area contributed by atoms with Gasteiger partial charge in [0.05, 0.1) is 23.9 Å². The fraction of sp³-hybridized carbons (Fsp3) is 0.227. The first-order valence-electron chi connectivity index (χ1n) is 9.39. The predicted octanol–water partition coefficient (Wildman–Crippen LogP) is 5.16. The second-order valence-corrected chi connectivity index (χ2v) is 8.40. The van der Waals surface area contributed by atoms with Crippen LogP contribution in [0.15, 0.2) is 42.5 Å². The summed E-state index contributed by atoms with van der Waals surface area (Å²) >= 11 is 7.88. The average molecular weight is 442 g/mol. The van der Waals surface area contributed by atoms with Crippen molar-refractivity contribution in [3.63, 3.8) is 0 Å². The summed E-state index contributed by atoms with van der Waals surface area (Å²) in [5, 5.41) is 11.7. The van der Waals surface area contributed by atoms with Crippen molar-refractivity contribution >= 4 is 55.0 Å². The van der Waals surface area contributed by atoms with Gasteiger partial charge in [-0.05, 0) is 23.8 Å². The lowest BCUT2D eigenvalue weighted by molar-refractivity contribution is -0.137. The van der Waals surface area contributed by atoms with Crippen LogP contribution < -0.4 is 9.64 Å². The minimum absolute atomic E-state index is 0.00631. The van der Waals surface area contributed by atoms with Crippen molar-refractivity contribution < 1.29 is 14.6 Å². The van der Waals surface area contributed by atoms with Crippen molar-refractivity contribution in [1.29, 1.82) is 0 Å². The lowest BCUT2D eigenvalue weighted by atomic mass is 10.1. The van der Waals surface area contributed by atoms with Gasteiger partial charge in [0.2, 0.25) is 0 Å². The Morgan fingerprint density at radius 1 is 1.23 bits per heavy atom. The third kappa shape index (κ3) is 4.04. The van der Waals surface area contributed by atoms with Crippen molar-refractivity contribution in [3.8, 4) is 5.75 Å². The fourth-order valence-corrected chi connectivity index (χ4v) is 4.78. The van der Waals surface area contributed by atoms with Gasteiger partial charge < -0.3 is 14.7 Å². The molecule has 0 aliphatic heterocycles. The molecule has 2 heterocycles. The van der Waals surface area contributed by atoms with Gasteiger partial charge in [-0.1, -0.05) is 35.9 Å². The largest absolute Gasteiger partial charge is 0.495 e. The van der Waals surface area contributed by atoms with E-state index >= 15 is 0 Å². The Morgan fingerprint density at radius 3 is 2.77 bits per heavy atom. The monoisotopic (exact) mass is 441 g/mol. The highest BCUT2D eigenvalue weighted by Crippen LogP contribution is 2.38. The number of carboxylic acid groups (broad SMARTS) is 1. The van der Waals surface area contributed by atoms with Crippen molar-refractivity contribution in [2.75, 3.05) is 19.1 Å². The summed E-state index contributed by atoms with van der Waals surface area (Å²) in [5.41, 5.74) is 1.02. The topological polar surface area (TPSA) is 75.5 Å². The molecule has 0 saturated heterocycles. The Balaban J connectivity index is 1.78. The first-order valence-corrected chi connectivity index (χ1v) is 10.6. The van der Waals surface area contributed by atoms with Gasteiger partial charge in [-0.2, -0.15) is 0 Å². The molecule has 2 aromatic carbocycles. The number of thiophene rings is 1. The first-order chi connectivity index (χ1) is 14.5. The molecule has 154 valence electrons. The quantitative estimate of drug-likeness (QED) is 0.427. The minimum Gasteiger partial charge on any atom is -0.495 e. The van der Waals surface area contributed by atoms with Crippen LogP contribution in [0.2, 0.25) is 5.02 Å². The van der Waals surface area contributed by atoms with E-state index in [4.69, 9.17) is 26.4 Å². The number of carboxylic acids is 1. The van der Waals surface area contributed by atoms with E-state index in [2.05, 4.69) is 17.1 Å². The Kier molecular flexibility index (Phi) is 5.74. The third-order valence-electron chi connectivity index (χ3n) is 4.83. The number of benzene rings is 2. The molecule has 0 aliphatic rings. The van der Waals surface area contributed by atoms with Gasteiger partial charge in [0.15, 0.2) is 0 Å². The van der Waals surface area contributed by atoms with Crippen LogP contribution in [0.4, 0.5) is 5.82 Å². The summed E-state index contributed by atoms with van der Waals surface area (Å²) in [4.78, 5) is 23.3. The highest BCUT2D eigenvalue weighted by atomic mass is 35.5. The maximum absolute atomic E-state index is 11.0. The van der Waals surface area contributed by atoms with Gasteiger partial charge in [0.1, 0.15) is 22.2 Å². The maximum atomic E-state index is 11.0. The summed E-state index contributed by atoms with van der Waals surface area (Å²) in [6, 6.07) is 13.8. The zero-order chi connectivity index (χ0) is 21.3. The predicted molar refractivity (Wildman–Crippen MR) is 121 cm³/mol. The molecule has 0 atom stereocenters. The number of aromatic nitrogens is 2. The molecular weight excluding hydrogens is 422 g/mol. The van der Waals surface area contributed by atoms with Crippen molar-refractivity contribution in [3.05, 3.63) is 58.9 Å². The van der Waals surface area contributed by atoms with Crippen LogP contribution in [0, 0.1) is 0 Å². The molecule has 30 heavy (non-hydrogen) atoms. The molecule has 8 heteroatoms. The standard InChI is InChI=1S/C22H20ClN3O3S/c1-26(12-13-7-8-16(29-2)15(23)11-13)21-20-14-5-3-4-6-17(14)30-22(20)25-18(24-21)9-10-19(27)28/h3-8,11H,9-10,12H2,1-2H3,(H,27,28). The zero-order valence-corrected chi connectivity index (χ0v) is 18.1. The summed E-state index contributed by atoms with van der Waals surface area (Å²) in [6.07, 6.45) is 0.280. The molecule has 0 saturated carbocycles. The molecule has 0 aliphatic carbocycles. The number of carbonyl (C=O) groups is 1. The number of hydrogen-bond acceptors (Lipinski definition) is 6. The van der Waals surface area contributed by atoms with Gasteiger partial charge in [-0.15, -0.1) is 11.3 Å². The smallest absolute Gasteiger partial charge is 0.303 e. The number of hydrogen-bond donors (Lipinski definition) is 1. The molecule has 1 N–H and O–H groups in total. The molecule has 4 aromatic rings. The summed E-state index contributed by atoms with van der Waals surface area (Å²) in [7, 11) is 3.55. The molecule has 0 unspecified atom stereocenters. The van der Waals surface area contributed by atoms with Crippen molar-refractivity contribution in [2.45, 2.75) is 19.4 Å².